The van der Waals surface area contributed by atoms with E-state index in [1.54, 1.807) is 36.4 Å². The number of carbonyl (C=O) groups excluding carboxylic acids is 1. The third-order valence-corrected chi connectivity index (χ3v) is 7.09. The molecule has 4 aromatic rings. The summed E-state index contributed by atoms with van der Waals surface area (Å²) in [7, 11) is -4.04. The predicted octanol–water partition coefficient (Wildman–Crippen LogP) is 3.83. The lowest BCUT2D eigenvalue weighted by molar-refractivity contribution is -0.605. The van der Waals surface area contributed by atoms with Gasteiger partial charge in [0.2, 0.25) is 9.84 Å². The van der Waals surface area contributed by atoms with Crippen LogP contribution in [0, 0.1) is 19.1 Å². The van der Waals surface area contributed by atoms with Gasteiger partial charge in [0.25, 0.3) is 5.91 Å². The number of sulfone groups is 1. The van der Waals surface area contributed by atoms with E-state index in [2.05, 4.69) is 10.3 Å². The smallest absolute Gasteiger partial charge is 0.269 e. The summed E-state index contributed by atoms with van der Waals surface area (Å²) in [4.78, 5) is 16.0. The molecule has 4 rings (SSSR count). The van der Waals surface area contributed by atoms with E-state index in [9.17, 15) is 18.4 Å². The molecule has 0 saturated carbocycles. The van der Waals surface area contributed by atoms with Crippen molar-refractivity contribution in [1.29, 1.82) is 0 Å². The summed E-state index contributed by atoms with van der Waals surface area (Å²) in [6.07, 6.45) is 2.64. The maximum absolute atomic E-state index is 13.7. The summed E-state index contributed by atoms with van der Waals surface area (Å²) in [5.41, 5.74) is 2.70. The van der Waals surface area contributed by atoms with Gasteiger partial charge < -0.3 is 15.5 Å². The molecular formula is C23H20ClN3O4S. The Bertz CT molecular complexity index is 1420. The number of aryl methyl sites for hydroxylation is 2. The highest BCUT2D eigenvalue weighted by Crippen LogP contribution is 2.34. The lowest BCUT2D eigenvalue weighted by atomic mass is 10.2. The van der Waals surface area contributed by atoms with Crippen molar-refractivity contribution in [1.82, 2.24) is 10.3 Å². The fourth-order valence-electron chi connectivity index (χ4n) is 3.62. The summed E-state index contributed by atoms with van der Waals surface area (Å²) in [6, 6.07) is 13.0. The summed E-state index contributed by atoms with van der Waals surface area (Å²) in [5, 5.41) is 14.6. The van der Waals surface area contributed by atoms with Crippen molar-refractivity contribution in [2.45, 2.75) is 30.2 Å². The Morgan fingerprint density at radius 3 is 2.38 bits per heavy atom. The molecule has 7 nitrogen and oxygen atoms in total. The average Bonchev–Trinajstić information content (AvgIpc) is 3.12. The number of benzene rings is 2. The number of hydrogen-bond acceptors (Lipinski definition) is 4. The number of aromatic amines is 1. The maximum Gasteiger partial charge on any atom is 0.269 e. The Morgan fingerprint density at radius 2 is 1.72 bits per heavy atom. The van der Waals surface area contributed by atoms with Gasteiger partial charge in [-0.3, -0.25) is 4.79 Å². The quantitative estimate of drug-likeness (QED) is 0.342. The third-order valence-electron chi connectivity index (χ3n) is 5.04. The Labute approximate surface area is 190 Å². The van der Waals surface area contributed by atoms with Crippen LogP contribution in [0.4, 0.5) is 0 Å². The predicted molar refractivity (Wildman–Crippen MR) is 121 cm³/mol. The van der Waals surface area contributed by atoms with Crippen LogP contribution in [-0.4, -0.2) is 19.3 Å². The van der Waals surface area contributed by atoms with Crippen LogP contribution in [-0.2, 0) is 16.4 Å². The van der Waals surface area contributed by atoms with Crippen molar-refractivity contribution in [3.8, 4) is 0 Å². The number of hydrogen-bond donors (Lipinski definition) is 2. The van der Waals surface area contributed by atoms with Crippen molar-refractivity contribution < 1.29 is 17.9 Å². The number of rotatable bonds is 5. The third kappa shape index (κ3) is 4.19. The number of halogens is 1. The Morgan fingerprint density at radius 1 is 1.06 bits per heavy atom. The number of nitrogens with one attached hydrogen (secondary N) is 2. The molecular weight excluding hydrogens is 450 g/mol. The van der Waals surface area contributed by atoms with Crippen LogP contribution in [0.3, 0.4) is 0 Å². The first kappa shape index (κ1) is 21.9. The minimum Gasteiger partial charge on any atom is -0.619 e. The van der Waals surface area contributed by atoms with E-state index in [0.29, 0.717) is 26.2 Å². The zero-order valence-corrected chi connectivity index (χ0v) is 18.9. The molecule has 32 heavy (non-hydrogen) atoms. The fraction of sp³-hybridized carbons (Fsp3) is 0.130. The zero-order valence-electron chi connectivity index (χ0n) is 17.3. The molecule has 0 atom stereocenters. The SMILES string of the molecule is Cc1cc(C)cc(S(=O)(=O)c2c(C(=O)NCc3cc[n+]([O-])cc3)[nH]c3ccc(Cl)cc23)c1. The van der Waals surface area contributed by atoms with Gasteiger partial charge >= 0.3 is 0 Å². The van der Waals surface area contributed by atoms with E-state index in [0.717, 1.165) is 11.1 Å². The van der Waals surface area contributed by atoms with E-state index >= 15 is 0 Å². The van der Waals surface area contributed by atoms with Crippen LogP contribution in [0.2, 0.25) is 5.02 Å². The van der Waals surface area contributed by atoms with Gasteiger partial charge in [0.15, 0.2) is 12.4 Å². The van der Waals surface area contributed by atoms with Crippen LogP contribution < -0.4 is 10.0 Å². The van der Waals surface area contributed by atoms with Crippen LogP contribution in [0.15, 0.2) is 70.7 Å². The number of nitrogens with zero attached hydrogens (tertiary/aromatic N) is 1. The molecule has 0 saturated heterocycles. The van der Waals surface area contributed by atoms with Crippen molar-refractivity contribution in [3.05, 3.63) is 93.5 Å². The lowest BCUT2D eigenvalue weighted by Crippen LogP contribution is -2.27. The van der Waals surface area contributed by atoms with E-state index in [1.807, 2.05) is 19.9 Å². The minimum atomic E-state index is -4.04. The highest BCUT2D eigenvalue weighted by molar-refractivity contribution is 7.91. The summed E-state index contributed by atoms with van der Waals surface area (Å²) < 4.78 is 28.0. The molecule has 2 aromatic carbocycles. The molecule has 2 N–H and O–H groups in total. The first-order valence-electron chi connectivity index (χ1n) is 9.75. The maximum atomic E-state index is 13.7. The van der Waals surface area contributed by atoms with Gasteiger partial charge in [-0.25, -0.2) is 8.42 Å². The Kier molecular flexibility index (Phi) is 5.66. The second-order valence-electron chi connectivity index (χ2n) is 7.59. The first-order valence-corrected chi connectivity index (χ1v) is 11.6. The van der Waals surface area contributed by atoms with Gasteiger partial charge in [-0.05, 0) is 60.9 Å². The standard InChI is InChI=1S/C23H20ClN3O4S/c1-14-9-15(2)11-18(10-14)32(30,31)22-19-12-17(24)3-4-20(19)26-21(22)23(28)25-13-16-5-7-27(29)8-6-16/h3-12,26H,13H2,1-2H3,(H,25,28). The van der Waals surface area contributed by atoms with Gasteiger partial charge in [-0.1, -0.05) is 17.7 Å². The van der Waals surface area contributed by atoms with Crippen molar-refractivity contribution in [2.75, 3.05) is 0 Å². The van der Waals surface area contributed by atoms with E-state index in [-0.39, 0.29) is 22.0 Å². The molecule has 0 aliphatic rings. The zero-order chi connectivity index (χ0) is 23.0. The van der Waals surface area contributed by atoms with Gasteiger partial charge in [0.05, 0.1) is 4.90 Å². The molecule has 0 aliphatic heterocycles. The fourth-order valence-corrected chi connectivity index (χ4v) is 5.58. The highest BCUT2D eigenvalue weighted by Gasteiger charge is 2.30. The van der Waals surface area contributed by atoms with Gasteiger partial charge in [-0.2, -0.15) is 4.73 Å². The van der Waals surface area contributed by atoms with E-state index in [4.69, 9.17) is 11.6 Å². The number of carbonyl (C=O) groups is 1. The number of fused-ring (bicyclic) bond motifs is 1. The molecule has 1 amide bonds. The molecule has 0 unspecified atom stereocenters. The summed E-state index contributed by atoms with van der Waals surface area (Å²) in [5.74, 6) is -0.584. The van der Waals surface area contributed by atoms with Gasteiger partial charge in [-0.15, -0.1) is 0 Å². The van der Waals surface area contributed by atoms with E-state index in [1.165, 1.54) is 18.5 Å². The first-order chi connectivity index (χ1) is 15.1. The Hall–Kier alpha value is -3.36. The molecule has 9 heteroatoms. The molecule has 2 heterocycles. The second kappa shape index (κ2) is 8.29. The van der Waals surface area contributed by atoms with Crippen LogP contribution >= 0.6 is 11.6 Å². The topological polar surface area (TPSA) is 106 Å². The van der Waals surface area contributed by atoms with Crippen molar-refractivity contribution in [2.24, 2.45) is 0 Å². The molecule has 0 bridgehead atoms. The molecule has 0 fully saturated rings. The van der Waals surface area contributed by atoms with Gasteiger partial charge in [0.1, 0.15) is 10.6 Å². The van der Waals surface area contributed by atoms with Crippen LogP contribution in [0.5, 0.6) is 0 Å². The van der Waals surface area contributed by atoms with E-state index < -0.39 is 15.7 Å². The minimum absolute atomic E-state index is 0.0729. The molecule has 2 aromatic heterocycles. The van der Waals surface area contributed by atoms with Crippen LogP contribution in [0.1, 0.15) is 27.2 Å². The second-order valence-corrected chi connectivity index (χ2v) is 9.92. The number of H-pyrrole nitrogens is 1. The highest BCUT2D eigenvalue weighted by atomic mass is 35.5. The van der Waals surface area contributed by atoms with Crippen molar-refractivity contribution >= 4 is 38.2 Å². The lowest BCUT2D eigenvalue weighted by Gasteiger charge is -2.10. The molecule has 0 radical (unpaired) electrons. The Balaban J connectivity index is 1.82. The molecule has 0 aliphatic carbocycles. The normalized spacial score (nSPS) is 11.6. The largest absolute Gasteiger partial charge is 0.619 e. The molecule has 164 valence electrons. The van der Waals surface area contributed by atoms with Crippen molar-refractivity contribution in [3.63, 3.8) is 0 Å². The average molecular weight is 470 g/mol. The van der Waals surface area contributed by atoms with Gasteiger partial charge in [0, 0.05) is 34.6 Å². The van der Waals surface area contributed by atoms with Crippen LogP contribution in [0.25, 0.3) is 10.9 Å². The summed E-state index contributed by atoms with van der Waals surface area (Å²) >= 11 is 6.14. The number of pyridine rings is 1. The number of amides is 1. The summed E-state index contributed by atoms with van der Waals surface area (Å²) in [6.45, 7) is 3.76. The molecule has 0 spiro atoms. The monoisotopic (exact) mass is 469 g/mol. The number of aromatic nitrogens is 2.